The minimum Gasteiger partial charge on any atom is -0.383 e. The maximum Gasteiger partial charge on any atom is 0.234 e. The number of ether oxygens (including phenoxy) is 1. The van der Waals surface area contributed by atoms with Gasteiger partial charge in [0.2, 0.25) is 5.91 Å². The summed E-state index contributed by atoms with van der Waals surface area (Å²) in [6, 6.07) is 0. The van der Waals surface area contributed by atoms with Gasteiger partial charge in [0, 0.05) is 20.2 Å². The Labute approximate surface area is 106 Å². The van der Waals surface area contributed by atoms with E-state index in [1.165, 1.54) is 6.20 Å². The van der Waals surface area contributed by atoms with Crippen LogP contribution >= 0.6 is 0 Å². The molecule has 3 N–H and O–H groups in total. The van der Waals surface area contributed by atoms with Crippen molar-refractivity contribution >= 4 is 11.7 Å². The third-order valence-corrected chi connectivity index (χ3v) is 2.20. The highest BCUT2D eigenvalue weighted by atomic mass is 16.5. The molecule has 0 aliphatic rings. The first kappa shape index (κ1) is 14.3. The highest BCUT2D eigenvalue weighted by Gasteiger charge is 2.07. The predicted molar refractivity (Wildman–Crippen MR) is 67.7 cm³/mol. The number of nitrogens with zero attached hydrogens (tertiary/aromatic N) is 3. The van der Waals surface area contributed by atoms with Gasteiger partial charge in [0.25, 0.3) is 0 Å². The van der Waals surface area contributed by atoms with Crippen molar-refractivity contribution in [2.75, 3.05) is 39.6 Å². The first-order chi connectivity index (χ1) is 8.61. The largest absolute Gasteiger partial charge is 0.383 e. The lowest BCUT2D eigenvalue weighted by molar-refractivity contribution is -0.122. The Balaban J connectivity index is 2.30. The highest BCUT2D eigenvalue weighted by molar-refractivity contribution is 5.77. The number of carbonyl (C=O) groups is 1. The van der Waals surface area contributed by atoms with Gasteiger partial charge in [-0.1, -0.05) is 0 Å². The molecule has 1 heterocycles. The number of hydrogen-bond donors (Lipinski definition) is 2. The van der Waals surface area contributed by atoms with Crippen LogP contribution in [0.15, 0.2) is 12.4 Å². The van der Waals surface area contributed by atoms with Gasteiger partial charge in [-0.25, -0.2) is 4.98 Å². The average molecular weight is 253 g/mol. The number of likely N-dealkylation sites (N-methyl/N-ethyl adjacent to an activating group) is 1. The van der Waals surface area contributed by atoms with Crippen molar-refractivity contribution in [2.45, 2.75) is 6.54 Å². The second-order valence-electron chi connectivity index (χ2n) is 3.95. The Kier molecular flexibility index (Phi) is 6.03. The molecule has 1 aromatic rings. The van der Waals surface area contributed by atoms with E-state index in [0.29, 0.717) is 32.1 Å². The molecule has 0 aliphatic heterocycles. The molecule has 0 atom stereocenters. The summed E-state index contributed by atoms with van der Waals surface area (Å²) < 4.78 is 4.85. The maximum atomic E-state index is 11.5. The van der Waals surface area contributed by atoms with E-state index in [-0.39, 0.29) is 5.91 Å². The molecule has 1 amide bonds. The van der Waals surface area contributed by atoms with Crippen LogP contribution in [0, 0.1) is 0 Å². The molecule has 18 heavy (non-hydrogen) atoms. The molecule has 100 valence electrons. The molecule has 0 bridgehead atoms. The number of hydrogen-bond acceptors (Lipinski definition) is 6. The third-order valence-electron chi connectivity index (χ3n) is 2.20. The van der Waals surface area contributed by atoms with Gasteiger partial charge in [0.1, 0.15) is 5.82 Å². The van der Waals surface area contributed by atoms with Crippen LogP contribution in [0.2, 0.25) is 0 Å². The van der Waals surface area contributed by atoms with Gasteiger partial charge in [0.05, 0.1) is 31.2 Å². The molecule has 0 aromatic carbocycles. The van der Waals surface area contributed by atoms with Crippen LogP contribution in [-0.4, -0.2) is 54.6 Å². The summed E-state index contributed by atoms with van der Waals surface area (Å²) in [6.07, 6.45) is 3.11. The van der Waals surface area contributed by atoms with E-state index in [2.05, 4.69) is 15.3 Å². The van der Waals surface area contributed by atoms with Crippen LogP contribution in [0.3, 0.4) is 0 Å². The van der Waals surface area contributed by atoms with Crippen molar-refractivity contribution in [1.29, 1.82) is 0 Å². The van der Waals surface area contributed by atoms with Crippen molar-refractivity contribution < 1.29 is 9.53 Å². The molecule has 7 heteroatoms. The zero-order valence-corrected chi connectivity index (χ0v) is 10.7. The summed E-state index contributed by atoms with van der Waals surface area (Å²) in [6.45, 7) is 1.88. The predicted octanol–water partition coefficient (Wildman–Crippen LogP) is -0.747. The lowest BCUT2D eigenvalue weighted by Crippen LogP contribution is -2.36. The van der Waals surface area contributed by atoms with E-state index in [1.807, 2.05) is 11.9 Å². The monoisotopic (exact) mass is 253 g/mol. The van der Waals surface area contributed by atoms with Crippen LogP contribution in [-0.2, 0) is 16.1 Å². The normalized spacial score (nSPS) is 10.6. The minimum absolute atomic E-state index is 0.0436. The number of carbonyl (C=O) groups excluding carboxylic acids is 1. The van der Waals surface area contributed by atoms with Crippen molar-refractivity contribution in [1.82, 2.24) is 20.2 Å². The standard InChI is InChI=1S/C11H19N5O2/c1-16(8-11(17)13-3-4-18-2)7-9-5-15-10(12)6-14-9/h5-6H,3-4,7-8H2,1-2H3,(H2,12,15)(H,13,17). The number of rotatable bonds is 7. The fourth-order valence-corrected chi connectivity index (χ4v) is 1.37. The molecule has 1 aromatic heterocycles. The summed E-state index contributed by atoms with van der Waals surface area (Å²) in [7, 11) is 3.44. The minimum atomic E-state index is -0.0436. The molecule has 0 saturated heterocycles. The number of anilines is 1. The summed E-state index contributed by atoms with van der Waals surface area (Å²) in [5, 5.41) is 2.75. The maximum absolute atomic E-state index is 11.5. The van der Waals surface area contributed by atoms with E-state index >= 15 is 0 Å². The molecule has 0 unspecified atom stereocenters. The lowest BCUT2D eigenvalue weighted by atomic mass is 10.4. The van der Waals surface area contributed by atoms with Crippen LogP contribution in [0.4, 0.5) is 5.82 Å². The average Bonchev–Trinajstić information content (AvgIpc) is 2.32. The number of nitrogen functional groups attached to an aromatic ring is 1. The van der Waals surface area contributed by atoms with Crippen LogP contribution < -0.4 is 11.1 Å². The highest BCUT2D eigenvalue weighted by Crippen LogP contribution is 1.99. The number of nitrogens with one attached hydrogen (secondary N) is 1. The Morgan fingerprint density at radius 2 is 2.28 bits per heavy atom. The summed E-state index contributed by atoms with van der Waals surface area (Å²) in [4.78, 5) is 21.4. The van der Waals surface area contributed by atoms with Gasteiger partial charge in [0.15, 0.2) is 0 Å². The molecular weight excluding hydrogens is 234 g/mol. The van der Waals surface area contributed by atoms with E-state index < -0.39 is 0 Å². The molecule has 0 aliphatic carbocycles. The quantitative estimate of drug-likeness (QED) is 0.621. The van der Waals surface area contributed by atoms with Gasteiger partial charge < -0.3 is 15.8 Å². The Bertz CT molecular complexity index is 368. The van der Waals surface area contributed by atoms with E-state index in [1.54, 1.807) is 13.3 Å². The third kappa shape index (κ3) is 5.55. The summed E-state index contributed by atoms with van der Waals surface area (Å²) in [5.74, 6) is 0.344. The van der Waals surface area contributed by atoms with Crippen LogP contribution in [0.25, 0.3) is 0 Å². The van der Waals surface area contributed by atoms with Gasteiger partial charge in [-0.05, 0) is 7.05 Å². The first-order valence-electron chi connectivity index (χ1n) is 5.62. The molecule has 0 fully saturated rings. The number of amides is 1. The van der Waals surface area contributed by atoms with Crippen molar-refractivity contribution in [3.63, 3.8) is 0 Å². The zero-order chi connectivity index (χ0) is 13.4. The van der Waals surface area contributed by atoms with E-state index in [9.17, 15) is 4.79 Å². The van der Waals surface area contributed by atoms with Gasteiger partial charge in [-0.3, -0.25) is 14.7 Å². The van der Waals surface area contributed by atoms with Crippen molar-refractivity contribution in [3.05, 3.63) is 18.1 Å². The van der Waals surface area contributed by atoms with Crippen LogP contribution in [0.1, 0.15) is 5.69 Å². The fourth-order valence-electron chi connectivity index (χ4n) is 1.37. The van der Waals surface area contributed by atoms with E-state index in [0.717, 1.165) is 5.69 Å². The molecule has 0 radical (unpaired) electrons. The Morgan fingerprint density at radius 1 is 1.50 bits per heavy atom. The van der Waals surface area contributed by atoms with Gasteiger partial charge in [-0.2, -0.15) is 0 Å². The van der Waals surface area contributed by atoms with Gasteiger partial charge >= 0.3 is 0 Å². The van der Waals surface area contributed by atoms with Crippen LogP contribution in [0.5, 0.6) is 0 Å². The fraction of sp³-hybridized carbons (Fsp3) is 0.545. The lowest BCUT2D eigenvalue weighted by Gasteiger charge is -2.15. The topological polar surface area (TPSA) is 93.4 Å². The number of nitrogens with two attached hydrogens (primary N) is 1. The molecule has 0 spiro atoms. The van der Waals surface area contributed by atoms with E-state index in [4.69, 9.17) is 10.5 Å². The second kappa shape index (κ2) is 7.57. The molecule has 7 nitrogen and oxygen atoms in total. The summed E-state index contributed by atoms with van der Waals surface area (Å²) in [5.41, 5.74) is 6.22. The SMILES string of the molecule is COCCNC(=O)CN(C)Cc1cnc(N)cn1. The van der Waals surface area contributed by atoms with Gasteiger partial charge in [-0.15, -0.1) is 0 Å². The van der Waals surface area contributed by atoms with Crippen molar-refractivity contribution in [2.24, 2.45) is 0 Å². The zero-order valence-electron chi connectivity index (χ0n) is 10.7. The smallest absolute Gasteiger partial charge is 0.234 e. The molecule has 1 rings (SSSR count). The Hall–Kier alpha value is -1.73. The molecule has 0 saturated carbocycles. The second-order valence-corrected chi connectivity index (χ2v) is 3.95. The Morgan fingerprint density at radius 3 is 2.89 bits per heavy atom. The number of aromatic nitrogens is 2. The summed E-state index contributed by atoms with van der Waals surface area (Å²) >= 11 is 0. The first-order valence-corrected chi connectivity index (χ1v) is 5.62. The van der Waals surface area contributed by atoms with Crippen molar-refractivity contribution in [3.8, 4) is 0 Å². The number of methoxy groups -OCH3 is 1. The molecular formula is C11H19N5O2.